The summed E-state index contributed by atoms with van der Waals surface area (Å²) < 4.78 is 18.1. The van der Waals surface area contributed by atoms with E-state index in [4.69, 9.17) is 4.74 Å². The molecule has 1 unspecified atom stereocenters. The number of pyridine rings is 1. The van der Waals surface area contributed by atoms with Gasteiger partial charge in [-0.3, -0.25) is 0 Å². The van der Waals surface area contributed by atoms with Crippen LogP contribution in [0.15, 0.2) is 18.3 Å². The Morgan fingerprint density at radius 3 is 3.23 bits per heavy atom. The summed E-state index contributed by atoms with van der Waals surface area (Å²) >= 11 is 0. The number of halogens is 1. The largest absolute Gasteiger partial charge is 0.473 e. The van der Waals surface area contributed by atoms with E-state index < -0.39 is 0 Å². The lowest BCUT2D eigenvalue weighted by molar-refractivity contribution is 0.213. The minimum Gasteiger partial charge on any atom is -0.473 e. The van der Waals surface area contributed by atoms with Crippen LogP contribution in [0.2, 0.25) is 0 Å². The van der Waals surface area contributed by atoms with Crippen LogP contribution in [-0.2, 0) is 0 Å². The average molecular weight is 182 g/mol. The van der Waals surface area contributed by atoms with Crippen molar-refractivity contribution in [2.24, 2.45) is 0 Å². The molecule has 2 rings (SSSR count). The molecule has 0 aromatic carbocycles. The molecule has 1 aliphatic heterocycles. The summed E-state index contributed by atoms with van der Waals surface area (Å²) in [6.45, 7) is 1.78. The van der Waals surface area contributed by atoms with Crippen LogP contribution in [0.5, 0.6) is 5.88 Å². The zero-order valence-electron chi connectivity index (χ0n) is 7.16. The van der Waals surface area contributed by atoms with Crippen molar-refractivity contribution < 1.29 is 9.13 Å². The van der Waals surface area contributed by atoms with Crippen LogP contribution in [0.4, 0.5) is 4.39 Å². The molecule has 3 nitrogen and oxygen atoms in total. The third-order valence-electron chi connectivity index (χ3n) is 2.00. The summed E-state index contributed by atoms with van der Waals surface area (Å²) in [5.41, 5.74) is 0. The molecule has 0 radical (unpaired) electrons. The number of hydrogen-bond acceptors (Lipinski definition) is 3. The molecule has 0 amide bonds. The molecule has 0 aliphatic carbocycles. The number of rotatable bonds is 2. The lowest BCUT2D eigenvalue weighted by Gasteiger charge is -2.10. The van der Waals surface area contributed by atoms with Gasteiger partial charge in [-0.2, -0.15) is 0 Å². The van der Waals surface area contributed by atoms with Crippen LogP contribution in [-0.4, -0.2) is 24.2 Å². The average Bonchev–Trinajstić information content (AvgIpc) is 2.57. The van der Waals surface area contributed by atoms with Gasteiger partial charge in [0.15, 0.2) is 0 Å². The van der Waals surface area contributed by atoms with Crippen molar-refractivity contribution in [3.63, 3.8) is 0 Å². The van der Waals surface area contributed by atoms with Gasteiger partial charge in [-0.05, 0) is 19.0 Å². The number of hydrogen-bond donors (Lipinski definition) is 1. The van der Waals surface area contributed by atoms with E-state index in [0.717, 1.165) is 19.5 Å². The highest BCUT2D eigenvalue weighted by molar-refractivity contribution is 5.11. The second-order valence-corrected chi connectivity index (χ2v) is 3.04. The minimum absolute atomic E-state index is 0.134. The van der Waals surface area contributed by atoms with Crippen molar-refractivity contribution >= 4 is 0 Å². The van der Waals surface area contributed by atoms with Crippen LogP contribution in [0, 0.1) is 5.82 Å². The van der Waals surface area contributed by atoms with Crippen molar-refractivity contribution in [2.75, 3.05) is 13.1 Å². The van der Waals surface area contributed by atoms with Gasteiger partial charge in [0.25, 0.3) is 0 Å². The minimum atomic E-state index is -0.309. The van der Waals surface area contributed by atoms with Crippen LogP contribution in [0.25, 0.3) is 0 Å². The summed E-state index contributed by atoms with van der Waals surface area (Å²) in [6, 6.07) is 2.61. The van der Waals surface area contributed by atoms with Gasteiger partial charge >= 0.3 is 0 Å². The van der Waals surface area contributed by atoms with Crippen molar-refractivity contribution in [2.45, 2.75) is 12.5 Å². The molecule has 4 heteroatoms. The normalized spacial score (nSPS) is 21.8. The standard InChI is InChI=1S/C9H11FN2O/c10-7-1-4-12-9(5-7)13-8-2-3-11-6-8/h1,4-5,8,11H,2-3,6H2. The number of aromatic nitrogens is 1. The number of nitrogens with one attached hydrogen (secondary N) is 1. The van der Waals surface area contributed by atoms with Gasteiger partial charge in [0, 0.05) is 18.8 Å². The van der Waals surface area contributed by atoms with Crippen molar-refractivity contribution in [1.29, 1.82) is 0 Å². The molecule has 0 spiro atoms. The highest BCUT2D eigenvalue weighted by Crippen LogP contribution is 2.12. The Labute approximate surface area is 75.9 Å². The Morgan fingerprint density at radius 1 is 1.62 bits per heavy atom. The fourth-order valence-electron chi connectivity index (χ4n) is 1.35. The molecule has 0 saturated carbocycles. The summed E-state index contributed by atoms with van der Waals surface area (Å²) in [7, 11) is 0. The lowest BCUT2D eigenvalue weighted by Crippen LogP contribution is -2.20. The lowest BCUT2D eigenvalue weighted by atomic mass is 10.3. The van der Waals surface area contributed by atoms with Crippen molar-refractivity contribution in [3.8, 4) is 5.88 Å². The molecule has 1 fully saturated rings. The first-order chi connectivity index (χ1) is 6.34. The summed E-state index contributed by atoms with van der Waals surface area (Å²) in [5.74, 6) is 0.0599. The van der Waals surface area contributed by atoms with Crippen LogP contribution in [0.1, 0.15) is 6.42 Å². The highest BCUT2D eigenvalue weighted by atomic mass is 19.1. The molecule has 1 aromatic heterocycles. The molecular formula is C9H11FN2O. The number of ether oxygens (including phenoxy) is 1. The van der Waals surface area contributed by atoms with Gasteiger partial charge in [-0.15, -0.1) is 0 Å². The predicted molar refractivity (Wildman–Crippen MR) is 46.1 cm³/mol. The van der Waals surface area contributed by atoms with Gasteiger partial charge < -0.3 is 10.1 Å². The second-order valence-electron chi connectivity index (χ2n) is 3.04. The predicted octanol–water partition coefficient (Wildman–Crippen LogP) is 0.961. The quantitative estimate of drug-likeness (QED) is 0.739. The van der Waals surface area contributed by atoms with E-state index in [9.17, 15) is 4.39 Å². The smallest absolute Gasteiger partial charge is 0.216 e. The van der Waals surface area contributed by atoms with E-state index in [1.54, 1.807) is 0 Å². The van der Waals surface area contributed by atoms with Gasteiger partial charge in [0.05, 0.1) is 0 Å². The molecule has 1 aromatic rings. The van der Waals surface area contributed by atoms with E-state index in [-0.39, 0.29) is 11.9 Å². The third kappa shape index (κ3) is 2.15. The Balaban J connectivity index is 2.00. The summed E-state index contributed by atoms with van der Waals surface area (Å²) in [6.07, 6.45) is 2.50. The first-order valence-corrected chi connectivity index (χ1v) is 4.33. The summed E-state index contributed by atoms with van der Waals surface area (Å²) in [5, 5.41) is 3.16. The third-order valence-corrected chi connectivity index (χ3v) is 2.00. The fraction of sp³-hybridized carbons (Fsp3) is 0.444. The Hall–Kier alpha value is -1.16. The van der Waals surface area contributed by atoms with Gasteiger partial charge in [-0.25, -0.2) is 9.37 Å². The van der Waals surface area contributed by atoms with Crippen LogP contribution >= 0.6 is 0 Å². The van der Waals surface area contributed by atoms with Gasteiger partial charge in [-0.1, -0.05) is 0 Å². The topological polar surface area (TPSA) is 34.1 Å². The zero-order chi connectivity index (χ0) is 9.10. The van der Waals surface area contributed by atoms with Crippen molar-refractivity contribution in [1.82, 2.24) is 10.3 Å². The first kappa shape index (κ1) is 8.44. The SMILES string of the molecule is Fc1ccnc(OC2CCNC2)c1. The Kier molecular flexibility index (Phi) is 2.40. The fourth-order valence-corrected chi connectivity index (χ4v) is 1.35. The maximum absolute atomic E-state index is 12.7. The number of nitrogens with zero attached hydrogens (tertiary/aromatic N) is 1. The first-order valence-electron chi connectivity index (χ1n) is 4.33. The molecule has 1 aliphatic rings. The van der Waals surface area contributed by atoms with Gasteiger partial charge in [0.2, 0.25) is 5.88 Å². The molecule has 0 bridgehead atoms. The van der Waals surface area contributed by atoms with E-state index in [1.165, 1.54) is 18.3 Å². The molecular weight excluding hydrogens is 171 g/mol. The molecule has 70 valence electrons. The van der Waals surface area contributed by atoms with Gasteiger partial charge in [0.1, 0.15) is 11.9 Å². The molecule has 13 heavy (non-hydrogen) atoms. The maximum atomic E-state index is 12.7. The maximum Gasteiger partial charge on any atom is 0.216 e. The Bertz CT molecular complexity index is 287. The van der Waals surface area contributed by atoms with Crippen molar-refractivity contribution in [3.05, 3.63) is 24.1 Å². The highest BCUT2D eigenvalue weighted by Gasteiger charge is 2.16. The van der Waals surface area contributed by atoms with Crippen LogP contribution in [0.3, 0.4) is 0 Å². The molecule has 1 N–H and O–H groups in total. The molecule has 1 atom stereocenters. The molecule has 2 heterocycles. The van der Waals surface area contributed by atoms with E-state index in [1.807, 2.05) is 0 Å². The Morgan fingerprint density at radius 2 is 2.54 bits per heavy atom. The summed E-state index contributed by atoms with van der Waals surface area (Å²) in [4.78, 5) is 3.91. The zero-order valence-corrected chi connectivity index (χ0v) is 7.16. The monoisotopic (exact) mass is 182 g/mol. The second kappa shape index (κ2) is 3.70. The van der Waals surface area contributed by atoms with E-state index in [2.05, 4.69) is 10.3 Å². The van der Waals surface area contributed by atoms with E-state index >= 15 is 0 Å². The molecule has 1 saturated heterocycles. The van der Waals surface area contributed by atoms with Crippen LogP contribution < -0.4 is 10.1 Å². The van der Waals surface area contributed by atoms with E-state index in [0.29, 0.717) is 5.88 Å².